The van der Waals surface area contributed by atoms with Crippen molar-refractivity contribution < 1.29 is 18.7 Å². The molecule has 1 N–H and O–H groups in total. The minimum atomic E-state index is -0.490. The van der Waals surface area contributed by atoms with Crippen molar-refractivity contribution in [2.75, 3.05) is 19.5 Å². The molecule has 1 amide bonds. The first-order chi connectivity index (χ1) is 9.63. The van der Waals surface area contributed by atoms with Gasteiger partial charge in [0.25, 0.3) is 5.91 Å². The minimum Gasteiger partial charge on any atom is -0.497 e. The van der Waals surface area contributed by atoms with Crippen molar-refractivity contribution >= 4 is 11.6 Å². The molecule has 2 aromatic rings. The SMILES string of the molecule is COc1cc(OC)cc(C(=O)Nc2ccccc2F)c1. The Balaban J connectivity index is 2.27. The molecule has 0 radical (unpaired) electrons. The Morgan fingerprint density at radius 3 is 2.20 bits per heavy atom. The van der Waals surface area contributed by atoms with Crippen molar-refractivity contribution in [3.8, 4) is 11.5 Å². The Labute approximate surface area is 116 Å². The maximum atomic E-state index is 13.5. The largest absolute Gasteiger partial charge is 0.497 e. The lowest BCUT2D eigenvalue weighted by atomic mass is 10.1. The topological polar surface area (TPSA) is 47.6 Å². The average molecular weight is 275 g/mol. The number of nitrogens with one attached hydrogen (secondary N) is 1. The second kappa shape index (κ2) is 6.06. The Hall–Kier alpha value is -2.56. The van der Waals surface area contributed by atoms with Crippen LogP contribution in [-0.2, 0) is 0 Å². The molecule has 0 bridgehead atoms. The van der Waals surface area contributed by atoms with Crippen molar-refractivity contribution in [3.05, 3.63) is 53.8 Å². The third-order valence-electron chi connectivity index (χ3n) is 2.74. The molecule has 0 aliphatic carbocycles. The zero-order valence-electron chi connectivity index (χ0n) is 11.1. The number of carbonyl (C=O) groups excluding carboxylic acids is 1. The van der Waals surface area contributed by atoms with E-state index in [1.807, 2.05) is 0 Å². The number of halogens is 1. The van der Waals surface area contributed by atoms with Crippen LogP contribution in [0.4, 0.5) is 10.1 Å². The van der Waals surface area contributed by atoms with Crippen LogP contribution in [0.25, 0.3) is 0 Å². The molecule has 0 saturated carbocycles. The number of benzene rings is 2. The normalized spacial score (nSPS) is 9.95. The molecule has 0 unspecified atom stereocenters. The second-order valence-corrected chi connectivity index (χ2v) is 4.04. The third kappa shape index (κ3) is 3.06. The van der Waals surface area contributed by atoms with Crippen molar-refractivity contribution in [3.63, 3.8) is 0 Å². The highest BCUT2D eigenvalue weighted by molar-refractivity contribution is 6.04. The van der Waals surface area contributed by atoms with Gasteiger partial charge in [-0.25, -0.2) is 4.39 Å². The first-order valence-electron chi connectivity index (χ1n) is 5.93. The first kappa shape index (κ1) is 13.9. The van der Waals surface area contributed by atoms with Crippen LogP contribution in [-0.4, -0.2) is 20.1 Å². The van der Waals surface area contributed by atoms with Crippen LogP contribution in [0.5, 0.6) is 11.5 Å². The summed E-state index contributed by atoms with van der Waals surface area (Å²) in [5.41, 5.74) is 0.448. The molecule has 0 saturated heterocycles. The monoisotopic (exact) mass is 275 g/mol. The molecule has 104 valence electrons. The van der Waals surface area contributed by atoms with Gasteiger partial charge >= 0.3 is 0 Å². The van der Waals surface area contributed by atoms with E-state index < -0.39 is 11.7 Å². The molecule has 0 heterocycles. The summed E-state index contributed by atoms with van der Waals surface area (Å²) in [6.45, 7) is 0. The number of hydrogen-bond donors (Lipinski definition) is 1. The fourth-order valence-corrected chi connectivity index (χ4v) is 1.70. The standard InChI is InChI=1S/C15H14FNO3/c1-19-11-7-10(8-12(9-11)20-2)15(18)17-14-6-4-3-5-13(14)16/h3-9H,1-2H3,(H,17,18). The fourth-order valence-electron chi connectivity index (χ4n) is 1.70. The van der Waals surface area contributed by atoms with E-state index in [9.17, 15) is 9.18 Å². The second-order valence-electron chi connectivity index (χ2n) is 4.04. The number of ether oxygens (including phenoxy) is 2. The highest BCUT2D eigenvalue weighted by Gasteiger charge is 2.11. The zero-order valence-corrected chi connectivity index (χ0v) is 11.1. The molecule has 0 aliphatic heterocycles. The van der Waals surface area contributed by atoms with Gasteiger partial charge in [0, 0.05) is 11.6 Å². The molecular formula is C15H14FNO3. The van der Waals surface area contributed by atoms with Gasteiger partial charge in [0.1, 0.15) is 17.3 Å². The van der Waals surface area contributed by atoms with Crippen molar-refractivity contribution in [1.82, 2.24) is 0 Å². The van der Waals surface area contributed by atoms with Crippen LogP contribution < -0.4 is 14.8 Å². The maximum absolute atomic E-state index is 13.5. The van der Waals surface area contributed by atoms with E-state index in [0.29, 0.717) is 17.1 Å². The van der Waals surface area contributed by atoms with Gasteiger partial charge in [0.15, 0.2) is 0 Å². The van der Waals surface area contributed by atoms with Crippen LogP contribution in [0.3, 0.4) is 0 Å². The van der Waals surface area contributed by atoms with Gasteiger partial charge < -0.3 is 14.8 Å². The molecule has 0 aliphatic rings. The molecule has 5 heteroatoms. The summed E-state index contributed by atoms with van der Waals surface area (Å²) < 4.78 is 23.7. The van der Waals surface area contributed by atoms with E-state index in [4.69, 9.17) is 9.47 Å². The highest BCUT2D eigenvalue weighted by atomic mass is 19.1. The molecular weight excluding hydrogens is 261 g/mol. The summed E-state index contributed by atoms with van der Waals surface area (Å²) in [6, 6.07) is 10.7. The Morgan fingerprint density at radius 2 is 1.65 bits per heavy atom. The summed E-state index contributed by atoms with van der Waals surface area (Å²) in [4.78, 5) is 12.1. The van der Waals surface area contributed by atoms with E-state index >= 15 is 0 Å². The van der Waals surface area contributed by atoms with Crippen LogP contribution >= 0.6 is 0 Å². The molecule has 0 spiro atoms. The Kier molecular flexibility index (Phi) is 4.20. The average Bonchev–Trinajstić information content (AvgIpc) is 2.48. The van der Waals surface area contributed by atoms with Crippen LogP contribution in [0.15, 0.2) is 42.5 Å². The summed E-state index contributed by atoms with van der Waals surface area (Å²) in [7, 11) is 2.99. The number of anilines is 1. The Bertz CT molecular complexity index is 606. The number of carbonyl (C=O) groups is 1. The Morgan fingerprint density at radius 1 is 1.05 bits per heavy atom. The number of rotatable bonds is 4. The van der Waals surface area contributed by atoms with E-state index in [1.54, 1.807) is 30.3 Å². The number of para-hydroxylation sites is 1. The first-order valence-corrected chi connectivity index (χ1v) is 5.93. The van der Waals surface area contributed by atoms with Crippen molar-refractivity contribution in [2.45, 2.75) is 0 Å². The van der Waals surface area contributed by atoms with Gasteiger partial charge in [-0.1, -0.05) is 12.1 Å². The predicted molar refractivity (Wildman–Crippen MR) is 73.9 cm³/mol. The van der Waals surface area contributed by atoms with Gasteiger partial charge in [-0.3, -0.25) is 4.79 Å². The van der Waals surface area contributed by atoms with Crippen molar-refractivity contribution in [1.29, 1.82) is 0 Å². The lowest BCUT2D eigenvalue weighted by molar-refractivity contribution is 0.102. The fraction of sp³-hybridized carbons (Fsp3) is 0.133. The molecule has 0 aromatic heterocycles. The molecule has 0 atom stereocenters. The lowest BCUT2D eigenvalue weighted by Crippen LogP contribution is -2.13. The smallest absolute Gasteiger partial charge is 0.256 e. The minimum absolute atomic E-state index is 0.124. The van der Waals surface area contributed by atoms with Gasteiger partial charge in [-0.15, -0.1) is 0 Å². The quantitative estimate of drug-likeness (QED) is 0.932. The van der Waals surface area contributed by atoms with Crippen LogP contribution in [0.2, 0.25) is 0 Å². The van der Waals surface area contributed by atoms with Gasteiger partial charge in [0.05, 0.1) is 19.9 Å². The molecule has 2 rings (SSSR count). The molecule has 20 heavy (non-hydrogen) atoms. The summed E-state index contributed by atoms with van der Waals surface area (Å²) in [5.74, 6) is 0.0501. The number of methoxy groups -OCH3 is 2. The van der Waals surface area contributed by atoms with Gasteiger partial charge in [0.2, 0.25) is 0 Å². The lowest BCUT2D eigenvalue weighted by Gasteiger charge is -2.09. The molecule has 0 fully saturated rings. The summed E-state index contributed by atoms with van der Waals surface area (Å²) in [6.07, 6.45) is 0. The van der Waals surface area contributed by atoms with Gasteiger partial charge in [-0.2, -0.15) is 0 Å². The van der Waals surface area contributed by atoms with Crippen LogP contribution in [0, 0.1) is 5.82 Å². The zero-order chi connectivity index (χ0) is 14.5. The summed E-state index contributed by atoms with van der Waals surface area (Å²) >= 11 is 0. The third-order valence-corrected chi connectivity index (χ3v) is 2.74. The molecule has 4 nitrogen and oxygen atoms in total. The summed E-state index contributed by atoms with van der Waals surface area (Å²) in [5, 5.41) is 2.50. The number of hydrogen-bond acceptors (Lipinski definition) is 3. The van der Waals surface area contributed by atoms with Crippen LogP contribution in [0.1, 0.15) is 10.4 Å². The highest BCUT2D eigenvalue weighted by Crippen LogP contribution is 2.23. The molecule has 2 aromatic carbocycles. The van der Waals surface area contributed by atoms with E-state index in [2.05, 4.69) is 5.32 Å². The van der Waals surface area contributed by atoms with E-state index in [-0.39, 0.29) is 5.69 Å². The van der Waals surface area contributed by atoms with E-state index in [0.717, 1.165) is 0 Å². The predicted octanol–water partition coefficient (Wildman–Crippen LogP) is 3.10. The van der Waals surface area contributed by atoms with E-state index in [1.165, 1.54) is 26.4 Å². The number of amides is 1. The van der Waals surface area contributed by atoms with Gasteiger partial charge in [-0.05, 0) is 24.3 Å². The van der Waals surface area contributed by atoms with Crippen molar-refractivity contribution in [2.24, 2.45) is 0 Å². The maximum Gasteiger partial charge on any atom is 0.256 e.